The molecule has 0 unspecified atom stereocenters. The summed E-state index contributed by atoms with van der Waals surface area (Å²) in [6.07, 6.45) is 5.11. The number of oxime groups is 1. The molecule has 18 heavy (non-hydrogen) atoms. The fourth-order valence-corrected chi connectivity index (χ4v) is 2.02. The molecule has 0 saturated carbocycles. The first kappa shape index (κ1) is 14.7. The van der Waals surface area contributed by atoms with Gasteiger partial charge in [0.25, 0.3) is 0 Å². The molecule has 98 valence electrons. The molecule has 0 aromatic heterocycles. The normalized spacial score (nSPS) is 16.2. The van der Waals surface area contributed by atoms with Crippen molar-refractivity contribution >= 4 is 18.6 Å². The van der Waals surface area contributed by atoms with Crippen LogP contribution in [0.5, 0.6) is 0 Å². The lowest BCUT2D eigenvalue weighted by atomic mass is 10.1. The van der Waals surface area contributed by atoms with Gasteiger partial charge in [-0.05, 0) is 17.6 Å². The smallest absolute Gasteiger partial charge is 0.106 e. The molecule has 0 spiro atoms. The summed E-state index contributed by atoms with van der Waals surface area (Å²) in [5.74, 6) is 0. The molecule has 1 aliphatic heterocycles. The zero-order valence-electron chi connectivity index (χ0n) is 10.6. The molecule has 0 aliphatic carbocycles. The highest BCUT2D eigenvalue weighted by Crippen LogP contribution is 2.12. The molecule has 4 heteroatoms. The van der Waals surface area contributed by atoms with Crippen molar-refractivity contribution in [2.24, 2.45) is 5.16 Å². The van der Waals surface area contributed by atoms with Gasteiger partial charge in [0, 0.05) is 19.6 Å². The van der Waals surface area contributed by atoms with Gasteiger partial charge < -0.3 is 4.84 Å². The van der Waals surface area contributed by atoms with Gasteiger partial charge in [-0.3, -0.25) is 4.90 Å². The standard InChI is InChI=1S/C14H18N2O.ClH/c1-17-15-10-14-8-5-9-16(12-14)11-13-6-3-2-4-7-13;/h2-4,6-8,10H,5,9,11-12H2,1H3;1H/b15-10+;. The van der Waals surface area contributed by atoms with Crippen LogP contribution in [0.15, 0.2) is 47.1 Å². The minimum Gasteiger partial charge on any atom is -0.399 e. The van der Waals surface area contributed by atoms with Crippen molar-refractivity contribution in [2.75, 3.05) is 20.2 Å². The van der Waals surface area contributed by atoms with Gasteiger partial charge in [-0.2, -0.15) is 0 Å². The molecule has 0 N–H and O–H groups in total. The van der Waals surface area contributed by atoms with E-state index in [0.29, 0.717) is 0 Å². The van der Waals surface area contributed by atoms with E-state index in [9.17, 15) is 0 Å². The van der Waals surface area contributed by atoms with Crippen molar-refractivity contribution in [1.82, 2.24) is 4.90 Å². The summed E-state index contributed by atoms with van der Waals surface area (Å²) in [5, 5.41) is 3.82. The van der Waals surface area contributed by atoms with Crippen molar-refractivity contribution in [3.8, 4) is 0 Å². The summed E-state index contributed by atoms with van der Waals surface area (Å²) < 4.78 is 0. The van der Waals surface area contributed by atoms with E-state index >= 15 is 0 Å². The third-order valence-electron chi connectivity index (χ3n) is 2.83. The van der Waals surface area contributed by atoms with Crippen LogP contribution in [0.25, 0.3) is 0 Å². The van der Waals surface area contributed by atoms with E-state index in [-0.39, 0.29) is 12.4 Å². The summed E-state index contributed by atoms with van der Waals surface area (Å²) in [7, 11) is 1.57. The fourth-order valence-electron chi connectivity index (χ4n) is 2.02. The number of benzene rings is 1. The molecule has 1 heterocycles. The first-order chi connectivity index (χ1) is 8.38. The first-order valence-corrected chi connectivity index (χ1v) is 5.90. The van der Waals surface area contributed by atoms with Crippen molar-refractivity contribution in [3.63, 3.8) is 0 Å². The molecule has 0 saturated heterocycles. The molecule has 2 rings (SSSR count). The molecular weight excluding hydrogens is 248 g/mol. The van der Waals surface area contributed by atoms with Crippen molar-refractivity contribution in [3.05, 3.63) is 47.5 Å². The molecule has 0 amide bonds. The maximum atomic E-state index is 4.71. The van der Waals surface area contributed by atoms with Gasteiger partial charge in [0.1, 0.15) is 7.11 Å². The van der Waals surface area contributed by atoms with Gasteiger partial charge in [0.2, 0.25) is 0 Å². The van der Waals surface area contributed by atoms with E-state index in [1.807, 2.05) is 0 Å². The third kappa shape index (κ3) is 4.51. The number of hydrogen-bond donors (Lipinski definition) is 0. The summed E-state index contributed by atoms with van der Waals surface area (Å²) in [6, 6.07) is 10.6. The maximum Gasteiger partial charge on any atom is 0.106 e. The number of nitrogens with zero attached hydrogens (tertiary/aromatic N) is 2. The molecule has 3 nitrogen and oxygen atoms in total. The summed E-state index contributed by atoms with van der Waals surface area (Å²) in [5.41, 5.74) is 2.59. The third-order valence-corrected chi connectivity index (χ3v) is 2.83. The molecule has 0 fully saturated rings. The maximum absolute atomic E-state index is 4.71. The average molecular weight is 267 g/mol. The van der Waals surface area contributed by atoms with Crippen LogP contribution in [-0.4, -0.2) is 31.3 Å². The minimum absolute atomic E-state index is 0. The Bertz CT molecular complexity index is 404. The second kappa shape index (κ2) is 7.90. The van der Waals surface area contributed by atoms with E-state index in [1.165, 1.54) is 11.1 Å². The monoisotopic (exact) mass is 266 g/mol. The largest absolute Gasteiger partial charge is 0.399 e. The Morgan fingerprint density at radius 1 is 1.33 bits per heavy atom. The van der Waals surface area contributed by atoms with Crippen LogP contribution in [0.2, 0.25) is 0 Å². The summed E-state index contributed by atoms with van der Waals surface area (Å²) >= 11 is 0. The SMILES string of the molecule is CO/N=C/C1=CCCN(Cc2ccccc2)C1.Cl. The summed E-state index contributed by atoms with van der Waals surface area (Å²) in [6.45, 7) is 3.06. The zero-order chi connectivity index (χ0) is 11.9. The zero-order valence-corrected chi connectivity index (χ0v) is 11.4. The Morgan fingerprint density at radius 2 is 2.11 bits per heavy atom. The molecular formula is C14H19ClN2O. The highest BCUT2D eigenvalue weighted by Gasteiger charge is 2.11. The van der Waals surface area contributed by atoms with Gasteiger partial charge in [-0.1, -0.05) is 41.6 Å². The van der Waals surface area contributed by atoms with Gasteiger partial charge in [0.15, 0.2) is 0 Å². The molecule has 1 aromatic rings. The van der Waals surface area contributed by atoms with Gasteiger partial charge in [0.05, 0.1) is 6.21 Å². The van der Waals surface area contributed by atoms with Gasteiger partial charge in [-0.15, -0.1) is 12.4 Å². The average Bonchev–Trinajstić information content (AvgIpc) is 2.38. The first-order valence-electron chi connectivity index (χ1n) is 5.90. The predicted octanol–water partition coefficient (Wildman–Crippen LogP) is 2.87. The number of hydrogen-bond acceptors (Lipinski definition) is 3. The van der Waals surface area contributed by atoms with Crippen LogP contribution < -0.4 is 0 Å². The molecule has 0 bridgehead atoms. The van der Waals surface area contributed by atoms with Crippen LogP contribution >= 0.6 is 12.4 Å². The molecule has 1 aromatic carbocycles. The highest BCUT2D eigenvalue weighted by atomic mass is 35.5. The van der Waals surface area contributed by atoms with Crippen molar-refractivity contribution < 1.29 is 4.84 Å². The predicted molar refractivity (Wildman–Crippen MR) is 77.2 cm³/mol. The van der Waals surface area contributed by atoms with E-state index in [4.69, 9.17) is 4.84 Å². The fraction of sp³-hybridized carbons (Fsp3) is 0.357. The van der Waals surface area contributed by atoms with Crippen LogP contribution in [0.3, 0.4) is 0 Å². The van der Waals surface area contributed by atoms with Crippen LogP contribution in [0, 0.1) is 0 Å². The Hall–Kier alpha value is -1.32. The summed E-state index contributed by atoms with van der Waals surface area (Å²) in [4.78, 5) is 7.13. The lowest BCUT2D eigenvalue weighted by Gasteiger charge is -2.25. The topological polar surface area (TPSA) is 24.8 Å². The van der Waals surface area contributed by atoms with E-state index in [0.717, 1.165) is 26.1 Å². The van der Waals surface area contributed by atoms with Crippen LogP contribution in [-0.2, 0) is 11.4 Å². The lowest BCUT2D eigenvalue weighted by molar-refractivity contribution is 0.214. The molecule has 0 atom stereocenters. The van der Waals surface area contributed by atoms with Crippen LogP contribution in [0.1, 0.15) is 12.0 Å². The quantitative estimate of drug-likeness (QED) is 0.618. The van der Waals surface area contributed by atoms with Crippen LogP contribution in [0.4, 0.5) is 0 Å². The van der Waals surface area contributed by atoms with Gasteiger partial charge >= 0.3 is 0 Å². The van der Waals surface area contributed by atoms with Gasteiger partial charge in [-0.25, -0.2) is 0 Å². The second-order valence-corrected chi connectivity index (χ2v) is 4.18. The van der Waals surface area contributed by atoms with Crippen molar-refractivity contribution in [2.45, 2.75) is 13.0 Å². The second-order valence-electron chi connectivity index (χ2n) is 4.18. The Labute approximate surface area is 115 Å². The number of halogens is 1. The number of rotatable bonds is 4. The molecule has 1 aliphatic rings. The van der Waals surface area contributed by atoms with E-state index in [2.05, 4.69) is 46.5 Å². The van der Waals surface area contributed by atoms with E-state index in [1.54, 1.807) is 13.3 Å². The minimum atomic E-state index is 0. The highest BCUT2D eigenvalue weighted by molar-refractivity contribution is 5.85. The van der Waals surface area contributed by atoms with Crippen molar-refractivity contribution in [1.29, 1.82) is 0 Å². The van der Waals surface area contributed by atoms with E-state index < -0.39 is 0 Å². The Kier molecular flexibility index (Phi) is 6.47. The lowest BCUT2D eigenvalue weighted by Crippen LogP contribution is -2.29. The Morgan fingerprint density at radius 3 is 2.83 bits per heavy atom. The molecule has 0 radical (unpaired) electrons. The Balaban J connectivity index is 0.00000162.